The molecule has 2 aliphatic rings. The largest absolute Gasteiger partial charge is 0.453 e. The minimum Gasteiger partial charge on any atom is -0.453 e. The van der Waals surface area contributed by atoms with Crippen LogP contribution >= 0.6 is 0 Å². The van der Waals surface area contributed by atoms with Gasteiger partial charge in [0.15, 0.2) is 0 Å². The van der Waals surface area contributed by atoms with Crippen molar-refractivity contribution in [3.05, 3.63) is 60.6 Å². The first-order chi connectivity index (χ1) is 23.5. The number of carbonyl (C=O) groups excluding carboxylic acids is 4. The van der Waals surface area contributed by atoms with E-state index >= 15 is 0 Å². The molecule has 2 aromatic carbocycles. The zero-order valence-corrected chi connectivity index (χ0v) is 29.4. The Morgan fingerprint density at radius 2 is 1.51 bits per heavy atom. The first kappa shape index (κ1) is 35.6. The van der Waals surface area contributed by atoms with Crippen LogP contribution in [0.5, 0.6) is 0 Å². The molecule has 4 amide bonds. The Morgan fingerprint density at radius 1 is 0.857 bits per heavy atom. The highest BCUT2D eigenvalue weighted by Gasteiger charge is 2.37. The molecular formula is C38H50N6O5. The van der Waals surface area contributed by atoms with Crippen LogP contribution in [0.3, 0.4) is 0 Å². The molecule has 1 saturated heterocycles. The van der Waals surface area contributed by atoms with Crippen LogP contribution in [0.15, 0.2) is 54.7 Å². The molecule has 2 fully saturated rings. The van der Waals surface area contributed by atoms with Gasteiger partial charge < -0.3 is 30.6 Å². The summed E-state index contributed by atoms with van der Waals surface area (Å²) in [4.78, 5) is 61.3. The quantitative estimate of drug-likeness (QED) is 0.188. The van der Waals surface area contributed by atoms with E-state index < -0.39 is 12.1 Å². The zero-order chi connectivity index (χ0) is 35.2. The Hall–Kier alpha value is -4.67. The molecular weight excluding hydrogens is 620 g/mol. The van der Waals surface area contributed by atoms with Gasteiger partial charge in [0.05, 0.1) is 31.0 Å². The maximum atomic E-state index is 13.3. The summed E-state index contributed by atoms with van der Waals surface area (Å²) in [6.45, 7) is 10.6. The van der Waals surface area contributed by atoms with Crippen molar-refractivity contribution in [1.82, 2.24) is 25.5 Å². The van der Waals surface area contributed by atoms with E-state index in [4.69, 9.17) is 0 Å². The highest BCUT2D eigenvalue weighted by atomic mass is 16.5. The number of benzene rings is 2. The summed E-state index contributed by atoms with van der Waals surface area (Å²) in [5, 5.41) is 8.60. The molecule has 11 heteroatoms. The Morgan fingerprint density at radius 3 is 2.14 bits per heavy atom. The zero-order valence-electron chi connectivity index (χ0n) is 29.4. The molecule has 0 bridgehead atoms. The van der Waals surface area contributed by atoms with E-state index in [9.17, 15) is 19.2 Å². The fraction of sp³-hybridized carbons (Fsp3) is 0.500. The van der Waals surface area contributed by atoms with Gasteiger partial charge in [0.2, 0.25) is 17.7 Å². The summed E-state index contributed by atoms with van der Waals surface area (Å²) < 4.78 is 4.67. The number of nitrogens with zero attached hydrogens (tertiary/aromatic N) is 2. The number of amides is 4. The standard InChI is InChI=1S/C38H50N6O5/c1-22(2)24(5)37(47)44-20-8-11-32(44)34-39-21-31(41-34)27-14-12-25(13-15-27)26-16-18-28(19-17-26)40-35(45)29-9-7-10-30(29)42-36(46)33(23(3)4)43-38(48)49-6/h12-19,21-24,29-30,32-33H,7-11,20H2,1-6H3,(H,39,41)(H,40,45)(H,42,46)(H,43,48)/t24-,29+,30+,32-,33-/m0/s1. The Kier molecular flexibility index (Phi) is 11.4. The summed E-state index contributed by atoms with van der Waals surface area (Å²) in [6.07, 6.45) is 5.25. The summed E-state index contributed by atoms with van der Waals surface area (Å²) in [7, 11) is 1.26. The SMILES string of the molecule is COC(=O)N[C@H](C(=O)N[C@@H]1CCC[C@H]1C(=O)Nc1ccc(-c2ccc(-c3cnc([C@@H]4CCCN4C(=O)[C@@H](C)C(C)C)[nH]3)cc2)cc1)C(C)C. The molecule has 262 valence electrons. The van der Waals surface area contributed by atoms with E-state index in [-0.39, 0.29) is 47.6 Å². The number of anilines is 1. The van der Waals surface area contributed by atoms with Crippen LogP contribution in [0, 0.1) is 23.7 Å². The minimum atomic E-state index is -0.756. The van der Waals surface area contributed by atoms with E-state index in [1.165, 1.54) is 7.11 Å². The van der Waals surface area contributed by atoms with Crippen molar-refractivity contribution < 1.29 is 23.9 Å². The van der Waals surface area contributed by atoms with Crippen molar-refractivity contribution in [2.24, 2.45) is 23.7 Å². The number of hydrogen-bond acceptors (Lipinski definition) is 6. The van der Waals surface area contributed by atoms with Gasteiger partial charge in [-0.2, -0.15) is 0 Å². The number of hydrogen-bond donors (Lipinski definition) is 4. The summed E-state index contributed by atoms with van der Waals surface area (Å²) >= 11 is 0. The number of methoxy groups -OCH3 is 1. The predicted molar refractivity (Wildman–Crippen MR) is 189 cm³/mol. The molecule has 2 heterocycles. The van der Waals surface area contributed by atoms with Gasteiger partial charge in [-0.25, -0.2) is 9.78 Å². The number of ether oxygens (including phenoxy) is 1. The van der Waals surface area contributed by atoms with E-state index in [1.54, 1.807) is 0 Å². The third-order valence-electron chi connectivity index (χ3n) is 10.1. The highest BCUT2D eigenvalue weighted by molar-refractivity contribution is 5.94. The van der Waals surface area contributed by atoms with E-state index in [2.05, 4.69) is 68.8 Å². The van der Waals surface area contributed by atoms with Crippen LogP contribution < -0.4 is 16.0 Å². The topological polar surface area (TPSA) is 146 Å². The van der Waals surface area contributed by atoms with Crippen molar-refractivity contribution in [2.45, 2.75) is 84.8 Å². The molecule has 0 spiro atoms. The van der Waals surface area contributed by atoms with Crippen LogP contribution in [0.1, 0.15) is 78.6 Å². The number of nitrogens with one attached hydrogen (secondary N) is 4. The Balaban J connectivity index is 1.18. The molecule has 5 rings (SSSR count). The second-order valence-electron chi connectivity index (χ2n) is 14.1. The Labute approximate surface area is 289 Å². The lowest BCUT2D eigenvalue weighted by Crippen LogP contribution is -2.53. The van der Waals surface area contributed by atoms with Gasteiger partial charge in [-0.1, -0.05) is 77.4 Å². The molecule has 1 saturated carbocycles. The smallest absolute Gasteiger partial charge is 0.407 e. The third kappa shape index (κ3) is 8.32. The number of aromatic amines is 1. The molecule has 0 unspecified atom stereocenters. The second kappa shape index (κ2) is 15.7. The number of likely N-dealkylation sites (tertiary alicyclic amines) is 1. The first-order valence-corrected chi connectivity index (χ1v) is 17.5. The highest BCUT2D eigenvalue weighted by Crippen LogP contribution is 2.34. The number of H-pyrrole nitrogens is 1. The van der Waals surface area contributed by atoms with E-state index in [1.807, 2.05) is 56.1 Å². The number of alkyl carbamates (subject to hydrolysis) is 1. The van der Waals surface area contributed by atoms with Gasteiger partial charge in [0, 0.05) is 24.2 Å². The van der Waals surface area contributed by atoms with Crippen molar-refractivity contribution in [1.29, 1.82) is 0 Å². The molecule has 1 aliphatic carbocycles. The molecule has 11 nitrogen and oxygen atoms in total. The lowest BCUT2D eigenvalue weighted by molar-refractivity contribution is -0.137. The Bertz CT molecular complexity index is 1620. The van der Waals surface area contributed by atoms with E-state index in [0.29, 0.717) is 24.4 Å². The van der Waals surface area contributed by atoms with Gasteiger partial charge in [0.25, 0.3) is 0 Å². The summed E-state index contributed by atoms with van der Waals surface area (Å²) in [5.41, 5.74) is 4.66. The van der Waals surface area contributed by atoms with E-state index in [0.717, 1.165) is 54.0 Å². The van der Waals surface area contributed by atoms with Crippen LogP contribution in [-0.2, 0) is 19.1 Å². The molecule has 1 aromatic heterocycles. The number of rotatable bonds is 11. The van der Waals surface area contributed by atoms with Crippen molar-refractivity contribution >= 4 is 29.5 Å². The van der Waals surface area contributed by atoms with Gasteiger partial charge >= 0.3 is 6.09 Å². The molecule has 0 radical (unpaired) electrons. The van der Waals surface area contributed by atoms with Crippen molar-refractivity contribution in [3.63, 3.8) is 0 Å². The molecule has 1 aliphatic heterocycles. The van der Waals surface area contributed by atoms with Gasteiger partial charge in [-0.15, -0.1) is 0 Å². The molecule has 5 atom stereocenters. The monoisotopic (exact) mass is 670 g/mol. The van der Waals surface area contributed by atoms with Crippen LogP contribution in [-0.4, -0.2) is 64.4 Å². The number of aromatic nitrogens is 2. The van der Waals surface area contributed by atoms with Crippen LogP contribution in [0.2, 0.25) is 0 Å². The fourth-order valence-electron chi connectivity index (χ4n) is 6.78. The lowest BCUT2D eigenvalue weighted by Gasteiger charge is -2.27. The van der Waals surface area contributed by atoms with Gasteiger partial charge in [-0.05, 0) is 66.3 Å². The fourth-order valence-corrected chi connectivity index (χ4v) is 6.78. The van der Waals surface area contributed by atoms with Crippen molar-refractivity contribution in [3.8, 4) is 22.4 Å². The van der Waals surface area contributed by atoms with Crippen LogP contribution in [0.4, 0.5) is 10.5 Å². The summed E-state index contributed by atoms with van der Waals surface area (Å²) in [5.74, 6) is 0.328. The molecule has 4 N–H and O–H groups in total. The molecule has 49 heavy (non-hydrogen) atoms. The maximum Gasteiger partial charge on any atom is 0.407 e. The predicted octanol–water partition coefficient (Wildman–Crippen LogP) is 6.30. The maximum absolute atomic E-state index is 13.3. The molecule has 3 aromatic rings. The van der Waals surface area contributed by atoms with Crippen molar-refractivity contribution in [2.75, 3.05) is 19.0 Å². The average molecular weight is 671 g/mol. The average Bonchev–Trinajstić information content (AvgIpc) is 3.88. The second-order valence-corrected chi connectivity index (χ2v) is 14.1. The van der Waals surface area contributed by atoms with Crippen LogP contribution in [0.25, 0.3) is 22.4 Å². The number of carbonyl (C=O) groups is 4. The normalized spacial score (nSPS) is 20.2. The lowest BCUT2D eigenvalue weighted by atomic mass is 9.96. The van der Waals surface area contributed by atoms with Gasteiger partial charge in [0.1, 0.15) is 11.9 Å². The summed E-state index contributed by atoms with van der Waals surface area (Å²) in [6, 6.07) is 14.9. The van der Waals surface area contributed by atoms with Gasteiger partial charge in [-0.3, -0.25) is 14.4 Å². The number of imidazole rings is 1. The minimum absolute atomic E-state index is 0.0195. The first-order valence-electron chi connectivity index (χ1n) is 17.5. The third-order valence-corrected chi connectivity index (χ3v) is 10.1.